The van der Waals surface area contributed by atoms with Crippen LogP contribution in [-0.4, -0.2) is 51.4 Å². The second kappa shape index (κ2) is 6.67. The van der Waals surface area contributed by atoms with Crippen LogP contribution in [0.1, 0.15) is 11.6 Å². The normalized spacial score (nSPS) is 20.6. The maximum absolute atomic E-state index is 11.9. The van der Waals surface area contributed by atoms with Gasteiger partial charge in [-0.1, -0.05) is 30.3 Å². The van der Waals surface area contributed by atoms with E-state index in [1.54, 1.807) is 11.0 Å². The van der Waals surface area contributed by atoms with E-state index in [-0.39, 0.29) is 12.0 Å². The number of carbonyl (C=O) groups excluding carboxylic acids is 1. The summed E-state index contributed by atoms with van der Waals surface area (Å²) in [4.78, 5) is 17.9. The average molecular weight is 301 g/mol. The fourth-order valence-corrected chi connectivity index (χ4v) is 2.81. The third-order valence-corrected chi connectivity index (χ3v) is 3.78. The number of rotatable bonds is 5. The van der Waals surface area contributed by atoms with E-state index in [9.17, 15) is 4.79 Å². The molecular weight excluding hydrogens is 282 g/mol. The van der Waals surface area contributed by atoms with Crippen LogP contribution in [0.2, 0.25) is 0 Å². The van der Waals surface area contributed by atoms with Gasteiger partial charge in [-0.05, 0) is 5.56 Å². The number of hydrogen-bond acceptors (Lipinski definition) is 5. The average Bonchev–Trinajstić information content (AvgIpc) is 3.01. The fraction of sp³-hybridized carbons (Fsp3) is 0.400. The summed E-state index contributed by atoms with van der Waals surface area (Å²) in [6.45, 7) is 2.48. The molecule has 0 aliphatic carbocycles. The SMILES string of the molecule is NC(=O)[C@@H](c1ccccc1)N1CCO[C@@H](Cn2cncn2)C1. The molecule has 1 aliphatic heterocycles. The summed E-state index contributed by atoms with van der Waals surface area (Å²) in [5.41, 5.74) is 6.55. The maximum Gasteiger partial charge on any atom is 0.239 e. The first-order valence-electron chi connectivity index (χ1n) is 7.26. The van der Waals surface area contributed by atoms with Gasteiger partial charge < -0.3 is 10.5 Å². The van der Waals surface area contributed by atoms with E-state index in [1.807, 2.05) is 30.3 Å². The quantitative estimate of drug-likeness (QED) is 0.853. The van der Waals surface area contributed by atoms with Crippen molar-refractivity contribution in [2.75, 3.05) is 19.7 Å². The molecule has 1 aliphatic rings. The number of carbonyl (C=O) groups is 1. The molecule has 22 heavy (non-hydrogen) atoms. The molecule has 0 unspecified atom stereocenters. The predicted molar refractivity (Wildman–Crippen MR) is 79.7 cm³/mol. The topological polar surface area (TPSA) is 86.3 Å². The van der Waals surface area contributed by atoms with Crippen LogP contribution >= 0.6 is 0 Å². The Hall–Kier alpha value is -2.25. The van der Waals surface area contributed by atoms with E-state index in [0.717, 1.165) is 5.56 Å². The van der Waals surface area contributed by atoms with Crippen LogP contribution in [0.5, 0.6) is 0 Å². The van der Waals surface area contributed by atoms with E-state index in [0.29, 0.717) is 26.2 Å². The van der Waals surface area contributed by atoms with Crippen molar-refractivity contribution in [3.8, 4) is 0 Å². The Kier molecular flexibility index (Phi) is 4.45. The molecule has 2 heterocycles. The van der Waals surface area contributed by atoms with Crippen molar-refractivity contribution >= 4 is 5.91 Å². The van der Waals surface area contributed by atoms with Gasteiger partial charge in [0.25, 0.3) is 0 Å². The van der Waals surface area contributed by atoms with Crippen LogP contribution in [0.25, 0.3) is 0 Å². The Morgan fingerprint density at radius 2 is 2.23 bits per heavy atom. The van der Waals surface area contributed by atoms with Crippen LogP contribution in [0.15, 0.2) is 43.0 Å². The molecule has 1 amide bonds. The zero-order valence-electron chi connectivity index (χ0n) is 12.2. The van der Waals surface area contributed by atoms with Crippen molar-refractivity contribution in [3.05, 3.63) is 48.5 Å². The summed E-state index contributed by atoms with van der Waals surface area (Å²) in [6.07, 6.45) is 3.11. The molecule has 116 valence electrons. The first-order valence-corrected chi connectivity index (χ1v) is 7.26. The monoisotopic (exact) mass is 301 g/mol. The lowest BCUT2D eigenvalue weighted by molar-refractivity contribution is -0.127. The van der Waals surface area contributed by atoms with Crippen LogP contribution in [0, 0.1) is 0 Å². The maximum atomic E-state index is 11.9. The summed E-state index contributed by atoms with van der Waals surface area (Å²) in [7, 11) is 0. The molecule has 2 aromatic rings. The van der Waals surface area contributed by atoms with Gasteiger partial charge >= 0.3 is 0 Å². The molecule has 0 radical (unpaired) electrons. The molecule has 3 rings (SSSR count). The lowest BCUT2D eigenvalue weighted by Gasteiger charge is -2.37. The van der Waals surface area contributed by atoms with E-state index in [4.69, 9.17) is 10.5 Å². The first-order chi connectivity index (χ1) is 10.7. The summed E-state index contributed by atoms with van der Waals surface area (Å²) >= 11 is 0. The minimum absolute atomic E-state index is 0.0407. The van der Waals surface area contributed by atoms with Gasteiger partial charge in [-0.2, -0.15) is 5.10 Å². The zero-order chi connectivity index (χ0) is 15.4. The Morgan fingerprint density at radius 3 is 2.91 bits per heavy atom. The molecule has 7 nitrogen and oxygen atoms in total. The van der Waals surface area contributed by atoms with E-state index < -0.39 is 6.04 Å². The third-order valence-electron chi connectivity index (χ3n) is 3.78. The molecule has 2 atom stereocenters. The van der Waals surface area contributed by atoms with Gasteiger partial charge in [0.15, 0.2) is 0 Å². The summed E-state index contributed by atoms with van der Waals surface area (Å²) in [6, 6.07) is 9.18. The van der Waals surface area contributed by atoms with Gasteiger partial charge in [0.05, 0.1) is 19.3 Å². The number of hydrogen-bond donors (Lipinski definition) is 1. The number of nitrogens with zero attached hydrogens (tertiary/aromatic N) is 4. The Morgan fingerprint density at radius 1 is 1.41 bits per heavy atom. The lowest BCUT2D eigenvalue weighted by atomic mass is 10.0. The summed E-state index contributed by atoms with van der Waals surface area (Å²) in [5.74, 6) is -0.340. The number of nitrogens with two attached hydrogens (primary N) is 1. The molecule has 0 spiro atoms. The molecule has 0 saturated carbocycles. The Labute approximate surface area is 128 Å². The van der Waals surface area contributed by atoms with Crippen molar-refractivity contribution < 1.29 is 9.53 Å². The van der Waals surface area contributed by atoms with Gasteiger partial charge in [0, 0.05) is 13.1 Å². The van der Waals surface area contributed by atoms with Crippen LogP contribution in [-0.2, 0) is 16.1 Å². The molecule has 1 aromatic heterocycles. The largest absolute Gasteiger partial charge is 0.374 e. The highest BCUT2D eigenvalue weighted by Gasteiger charge is 2.31. The molecule has 1 saturated heterocycles. The second-order valence-corrected chi connectivity index (χ2v) is 5.32. The molecule has 2 N–H and O–H groups in total. The minimum Gasteiger partial charge on any atom is -0.374 e. The second-order valence-electron chi connectivity index (χ2n) is 5.32. The van der Waals surface area contributed by atoms with Crippen molar-refractivity contribution in [2.24, 2.45) is 5.73 Å². The fourth-order valence-electron chi connectivity index (χ4n) is 2.81. The molecule has 1 fully saturated rings. The van der Waals surface area contributed by atoms with Crippen molar-refractivity contribution in [1.82, 2.24) is 19.7 Å². The van der Waals surface area contributed by atoms with Gasteiger partial charge in [0.1, 0.15) is 18.7 Å². The number of primary amides is 1. The highest BCUT2D eigenvalue weighted by Crippen LogP contribution is 2.23. The van der Waals surface area contributed by atoms with Crippen LogP contribution in [0.4, 0.5) is 0 Å². The zero-order valence-corrected chi connectivity index (χ0v) is 12.2. The lowest BCUT2D eigenvalue weighted by Crippen LogP contribution is -2.49. The molecule has 0 bridgehead atoms. The van der Waals surface area contributed by atoms with Gasteiger partial charge in [-0.15, -0.1) is 0 Å². The van der Waals surface area contributed by atoms with Crippen LogP contribution < -0.4 is 5.73 Å². The van der Waals surface area contributed by atoms with Gasteiger partial charge in [0.2, 0.25) is 5.91 Å². The van der Waals surface area contributed by atoms with Gasteiger partial charge in [-0.3, -0.25) is 14.4 Å². The molecule has 1 aromatic carbocycles. The Bertz CT molecular complexity index is 602. The number of morpholine rings is 1. The number of amides is 1. The predicted octanol–water partition coefficient (Wildman–Crippen LogP) is 0.205. The minimum atomic E-state index is -0.427. The third kappa shape index (κ3) is 3.32. The van der Waals surface area contributed by atoms with E-state index >= 15 is 0 Å². The molecular formula is C15H19N5O2. The van der Waals surface area contributed by atoms with Crippen molar-refractivity contribution in [3.63, 3.8) is 0 Å². The smallest absolute Gasteiger partial charge is 0.239 e. The Balaban J connectivity index is 1.73. The summed E-state index contributed by atoms with van der Waals surface area (Å²) < 4.78 is 7.50. The first kappa shape index (κ1) is 14.7. The van der Waals surface area contributed by atoms with E-state index in [1.165, 1.54) is 6.33 Å². The van der Waals surface area contributed by atoms with Crippen LogP contribution in [0.3, 0.4) is 0 Å². The van der Waals surface area contributed by atoms with Crippen molar-refractivity contribution in [1.29, 1.82) is 0 Å². The highest BCUT2D eigenvalue weighted by atomic mass is 16.5. The number of aromatic nitrogens is 3. The molecule has 7 heteroatoms. The summed E-state index contributed by atoms with van der Waals surface area (Å²) in [5, 5.41) is 4.09. The van der Waals surface area contributed by atoms with Crippen molar-refractivity contribution in [2.45, 2.75) is 18.7 Å². The van der Waals surface area contributed by atoms with E-state index in [2.05, 4.69) is 15.0 Å². The number of ether oxygens (including phenoxy) is 1. The number of benzene rings is 1. The highest BCUT2D eigenvalue weighted by molar-refractivity contribution is 5.81. The van der Waals surface area contributed by atoms with Gasteiger partial charge in [-0.25, -0.2) is 4.98 Å². The standard InChI is InChI=1S/C15H19N5O2/c16-15(21)14(12-4-2-1-3-5-12)19-6-7-22-13(8-19)9-20-11-17-10-18-20/h1-5,10-11,13-14H,6-9H2,(H2,16,21)/t13-,14-/m1/s1.